The van der Waals surface area contributed by atoms with Gasteiger partial charge in [-0.2, -0.15) is 0 Å². The Hall–Kier alpha value is -3.11. The fourth-order valence-corrected chi connectivity index (χ4v) is 5.55. The van der Waals surface area contributed by atoms with Crippen molar-refractivity contribution in [3.05, 3.63) is 61.9 Å². The van der Waals surface area contributed by atoms with Gasteiger partial charge in [0, 0.05) is 42.2 Å². The van der Waals surface area contributed by atoms with E-state index >= 15 is 0 Å². The van der Waals surface area contributed by atoms with E-state index in [0.717, 1.165) is 61.9 Å². The lowest BCUT2D eigenvalue weighted by atomic mass is 9.97. The Kier molecular flexibility index (Phi) is 13.3. The van der Waals surface area contributed by atoms with E-state index in [1.807, 2.05) is 54.5 Å². The summed E-state index contributed by atoms with van der Waals surface area (Å²) >= 11 is 6.23. The number of halogens is 2. The quantitative estimate of drug-likeness (QED) is 0.140. The van der Waals surface area contributed by atoms with Crippen LogP contribution >= 0.6 is 28.6 Å². The first kappa shape index (κ1) is 37.1. The van der Waals surface area contributed by atoms with Crippen molar-refractivity contribution in [3.8, 4) is 0 Å². The topological polar surface area (TPSA) is 123 Å². The van der Waals surface area contributed by atoms with Crippen molar-refractivity contribution in [1.29, 1.82) is 0 Å². The molecule has 0 spiro atoms. The van der Waals surface area contributed by atoms with Crippen LogP contribution in [0.5, 0.6) is 0 Å². The van der Waals surface area contributed by atoms with Gasteiger partial charge in [0.25, 0.3) is 0 Å². The maximum atomic E-state index is 13.2. The molecule has 0 bridgehead atoms. The summed E-state index contributed by atoms with van der Waals surface area (Å²) in [6.07, 6.45) is 4.53. The van der Waals surface area contributed by atoms with E-state index in [9.17, 15) is 14.4 Å². The van der Waals surface area contributed by atoms with Gasteiger partial charge in [-0.3, -0.25) is 14.6 Å². The molecule has 3 rings (SSSR count). The number of methoxy groups -OCH3 is 2. The maximum Gasteiger partial charge on any atom is 0.355 e. The van der Waals surface area contributed by atoms with Crippen molar-refractivity contribution in [1.82, 2.24) is 9.97 Å². The summed E-state index contributed by atoms with van der Waals surface area (Å²) in [4.78, 5) is 48.6. The lowest BCUT2D eigenvalue weighted by molar-refractivity contribution is -0.141. The molecular weight excluding hydrogens is 650 g/mol. The largest absolute Gasteiger partial charge is 0.469 e. The summed E-state index contributed by atoms with van der Waals surface area (Å²) in [7, 11) is 2.75. The molecule has 0 amide bonds. The zero-order valence-electron chi connectivity index (χ0n) is 27.2. The highest BCUT2D eigenvalue weighted by Gasteiger charge is 2.28. The van der Waals surface area contributed by atoms with E-state index in [4.69, 9.17) is 30.8 Å². The Bertz CT molecular complexity index is 1490. The van der Waals surface area contributed by atoms with Crippen LogP contribution in [0.15, 0.2) is 21.8 Å². The number of esters is 3. The second kappa shape index (κ2) is 15.8. The smallest absolute Gasteiger partial charge is 0.355 e. The van der Waals surface area contributed by atoms with Crippen LogP contribution in [0.1, 0.15) is 96.8 Å². The molecule has 11 heteroatoms. The van der Waals surface area contributed by atoms with Gasteiger partial charge in [-0.1, -0.05) is 0 Å². The first-order valence-electron chi connectivity index (χ1n) is 14.5. The third kappa shape index (κ3) is 8.97. The van der Waals surface area contributed by atoms with Crippen molar-refractivity contribution in [2.45, 2.75) is 92.6 Å². The molecule has 0 atom stereocenters. The van der Waals surface area contributed by atoms with Crippen LogP contribution in [0.2, 0.25) is 0 Å². The monoisotopic (exact) mass is 693 g/mol. The maximum absolute atomic E-state index is 13.2. The van der Waals surface area contributed by atoms with E-state index in [1.54, 1.807) is 0 Å². The zero-order valence-corrected chi connectivity index (χ0v) is 29.7. The molecule has 0 saturated carbocycles. The molecule has 0 aliphatic carbocycles. The van der Waals surface area contributed by atoms with Gasteiger partial charge in [0.2, 0.25) is 0 Å². The second-order valence-electron chi connectivity index (χ2n) is 11.8. The first-order chi connectivity index (χ1) is 20.2. The van der Waals surface area contributed by atoms with E-state index < -0.39 is 11.6 Å². The third-order valence-electron chi connectivity index (χ3n) is 7.74. The van der Waals surface area contributed by atoms with E-state index in [-0.39, 0.29) is 35.3 Å². The SMILES string of the molecule is Br.COC(=O)CCc1c(C)[nH]c(/C=C2\N=C(Cc3[nH]c(C(=O)OC(C)(C)C)c(CCC(=O)OC)c3C)C(CCCl)=C2C)c1C. The molecule has 0 radical (unpaired) electrons. The van der Waals surface area contributed by atoms with Gasteiger partial charge < -0.3 is 24.2 Å². The number of alkyl halides is 1. The fourth-order valence-electron chi connectivity index (χ4n) is 5.36. The summed E-state index contributed by atoms with van der Waals surface area (Å²) in [5.41, 5.74) is 10.1. The Morgan fingerprint density at radius 1 is 0.886 bits per heavy atom. The first-order valence-corrected chi connectivity index (χ1v) is 15.0. The van der Waals surface area contributed by atoms with Gasteiger partial charge >= 0.3 is 17.9 Å². The number of carbonyl (C=O) groups is 3. The predicted octanol–water partition coefficient (Wildman–Crippen LogP) is 7.00. The minimum absolute atomic E-state index is 0. The summed E-state index contributed by atoms with van der Waals surface area (Å²) in [6, 6.07) is 0. The van der Waals surface area contributed by atoms with Crippen molar-refractivity contribution in [2.24, 2.45) is 4.99 Å². The lowest BCUT2D eigenvalue weighted by Crippen LogP contribution is -2.25. The van der Waals surface area contributed by atoms with Crippen LogP contribution in [0.3, 0.4) is 0 Å². The molecule has 1 aliphatic heterocycles. The minimum atomic E-state index is -0.675. The Morgan fingerprint density at radius 3 is 2.02 bits per heavy atom. The molecule has 0 fully saturated rings. The van der Waals surface area contributed by atoms with Gasteiger partial charge in [0.15, 0.2) is 0 Å². The van der Waals surface area contributed by atoms with Gasteiger partial charge in [0.1, 0.15) is 11.3 Å². The number of aryl methyl sites for hydroxylation is 1. The number of ether oxygens (including phenoxy) is 3. The van der Waals surface area contributed by atoms with Gasteiger partial charge in [0.05, 0.1) is 25.6 Å². The molecule has 9 nitrogen and oxygen atoms in total. The van der Waals surface area contributed by atoms with E-state index in [0.29, 0.717) is 43.7 Å². The average molecular weight is 695 g/mol. The number of hydrogen-bond acceptors (Lipinski definition) is 7. The highest BCUT2D eigenvalue weighted by atomic mass is 79.9. The van der Waals surface area contributed by atoms with Crippen molar-refractivity contribution in [2.75, 3.05) is 20.1 Å². The standard InChI is InChI=1S/C33H44ClN3O6.BrH/c1-18-22(10-12-29(38)41-8)21(4)35-25(18)16-26-19(2)23(14-15-34)28(36-26)17-27-20(3)24(11-13-30(39)42-9)31(37-27)32(40)43-33(5,6)7;/h16,35,37H,10-15,17H2,1-9H3;1H/b26-16-;. The zero-order chi connectivity index (χ0) is 32.1. The van der Waals surface area contributed by atoms with Crippen LogP contribution in [0.4, 0.5) is 0 Å². The summed E-state index contributed by atoms with van der Waals surface area (Å²) in [5.74, 6) is -0.617. The molecule has 0 unspecified atom stereocenters. The van der Waals surface area contributed by atoms with Gasteiger partial charge in [-0.25, -0.2) is 4.79 Å². The lowest BCUT2D eigenvalue weighted by Gasteiger charge is -2.19. The molecule has 3 heterocycles. The number of H-pyrrole nitrogens is 2. The summed E-state index contributed by atoms with van der Waals surface area (Å²) in [5, 5.41) is 0. The number of allylic oxidation sites excluding steroid dienone is 2. The van der Waals surface area contributed by atoms with Crippen molar-refractivity contribution >= 4 is 58.3 Å². The Morgan fingerprint density at radius 2 is 1.48 bits per heavy atom. The van der Waals surface area contributed by atoms with Crippen molar-refractivity contribution < 1.29 is 28.6 Å². The number of rotatable bonds is 12. The normalized spacial score (nSPS) is 14.0. The number of nitrogens with one attached hydrogen (secondary N) is 2. The van der Waals surface area contributed by atoms with Crippen LogP contribution in [-0.4, -0.2) is 59.3 Å². The molecule has 1 aliphatic rings. The molecule has 2 N–H and O–H groups in total. The minimum Gasteiger partial charge on any atom is -0.469 e. The number of hydrogen-bond donors (Lipinski definition) is 2. The third-order valence-corrected chi connectivity index (χ3v) is 7.93. The van der Waals surface area contributed by atoms with E-state index in [2.05, 4.69) is 9.97 Å². The Labute approximate surface area is 275 Å². The van der Waals surface area contributed by atoms with Crippen LogP contribution in [0, 0.1) is 20.8 Å². The van der Waals surface area contributed by atoms with Crippen LogP contribution in [-0.2, 0) is 43.1 Å². The number of nitrogens with zero attached hydrogens (tertiary/aromatic N) is 1. The number of aromatic nitrogens is 2. The summed E-state index contributed by atoms with van der Waals surface area (Å²) in [6.45, 7) is 13.5. The molecule has 242 valence electrons. The predicted molar refractivity (Wildman–Crippen MR) is 179 cm³/mol. The highest BCUT2D eigenvalue weighted by Crippen LogP contribution is 2.33. The highest BCUT2D eigenvalue weighted by molar-refractivity contribution is 8.93. The fraction of sp³-hybridized carbons (Fsp3) is 0.515. The Balaban J connectivity index is 0.00000675. The average Bonchev–Trinajstić information content (AvgIpc) is 3.51. The molecule has 0 saturated heterocycles. The number of carbonyl (C=O) groups excluding carboxylic acids is 3. The molecule has 2 aromatic rings. The molecule has 2 aromatic heterocycles. The molecule has 44 heavy (non-hydrogen) atoms. The van der Waals surface area contributed by atoms with Gasteiger partial charge in [-0.15, -0.1) is 28.6 Å². The van der Waals surface area contributed by atoms with Crippen LogP contribution < -0.4 is 0 Å². The molecule has 0 aromatic carbocycles. The van der Waals surface area contributed by atoms with E-state index in [1.165, 1.54) is 14.2 Å². The summed E-state index contributed by atoms with van der Waals surface area (Å²) < 4.78 is 15.3. The number of aromatic amines is 2. The number of aliphatic imine (C=N–C) groups is 1. The van der Waals surface area contributed by atoms with Crippen LogP contribution in [0.25, 0.3) is 6.08 Å². The van der Waals surface area contributed by atoms with Gasteiger partial charge in [-0.05, 0) is 107 Å². The second-order valence-corrected chi connectivity index (χ2v) is 12.2. The molecular formula is C33H45BrClN3O6. The van der Waals surface area contributed by atoms with Crippen molar-refractivity contribution in [3.63, 3.8) is 0 Å².